The van der Waals surface area contributed by atoms with Gasteiger partial charge in [0.2, 0.25) is 28.9 Å². The molecule has 9 aliphatic heterocycles. The topological polar surface area (TPSA) is 377 Å². The van der Waals surface area contributed by atoms with E-state index in [9.17, 15) is 43.2 Å². The van der Waals surface area contributed by atoms with Crippen LogP contribution in [0, 0.1) is 30.1 Å². The first-order chi connectivity index (χ1) is 36.4. The van der Waals surface area contributed by atoms with Crippen LogP contribution < -0.4 is 34.0 Å². The molecule has 6 saturated heterocycles. The number of amides is 3. The van der Waals surface area contributed by atoms with Crippen molar-refractivity contribution in [3.05, 3.63) is 67.5 Å². The number of nitrogens with two attached hydrogens (primary N) is 5. The fraction of sp³-hybridized carbons (Fsp3) is 0.549. The van der Waals surface area contributed by atoms with Crippen molar-refractivity contribution in [1.82, 2.24) is 29.8 Å². The van der Waals surface area contributed by atoms with Crippen molar-refractivity contribution in [2.45, 2.75) is 87.0 Å². The van der Waals surface area contributed by atoms with Crippen molar-refractivity contribution >= 4 is 53.0 Å². The molecule has 0 aromatic carbocycles. The number of hydrogen-bond donors (Lipinski definition) is 6. The van der Waals surface area contributed by atoms with Gasteiger partial charge in [-0.1, -0.05) is 0 Å². The predicted molar refractivity (Wildman–Crippen MR) is 263 cm³/mol. The number of carbonyl (C=O) groups is 9. The molecule has 12 aliphatic rings. The van der Waals surface area contributed by atoms with E-state index in [1.165, 1.54) is 21.1 Å². The van der Waals surface area contributed by atoms with Gasteiger partial charge in [-0.05, 0) is 41.3 Å². The number of allylic oxidation sites excluding steroid dienone is 6. The van der Waals surface area contributed by atoms with Gasteiger partial charge in [0.1, 0.15) is 19.8 Å². The van der Waals surface area contributed by atoms with Crippen molar-refractivity contribution in [3.8, 4) is 12.3 Å². The Morgan fingerprint density at radius 1 is 0.584 bits per heavy atom. The molecule has 0 bridgehead atoms. The number of nitrogens with zero attached hydrogens (tertiary/aromatic N) is 5. The largest absolute Gasteiger partial charge is 0.449 e. The van der Waals surface area contributed by atoms with Crippen LogP contribution in [-0.2, 0) is 57.2 Å². The summed E-state index contributed by atoms with van der Waals surface area (Å²) in [5.41, 5.74) is 27.3. The van der Waals surface area contributed by atoms with Crippen molar-refractivity contribution in [2.75, 3.05) is 74.9 Å². The molecule has 6 fully saturated rings. The molecule has 2 unspecified atom stereocenters. The van der Waals surface area contributed by atoms with Crippen LogP contribution in [0.2, 0.25) is 0 Å². The molecule has 3 amide bonds. The van der Waals surface area contributed by atoms with E-state index in [1.807, 2.05) is 28.8 Å². The average Bonchev–Trinajstić information content (AvgIpc) is 3.26. The normalized spacial score (nSPS) is 37.0. The maximum Gasteiger partial charge on any atom is 0.404 e. The number of primary amides is 3. The second kappa shape index (κ2) is 18.1. The van der Waals surface area contributed by atoms with Gasteiger partial charge in [0.25, 0.3) is 0 Å². The van der Waals surface area contributed by atoms with E-state index in [-0.39, 0.29) is 113 Å². The summed E-state index contributed by atoms with van der Waals surface area (Å²) in [4.78, 5) is 121. The molecular formula is C51H61N11O15. The van der Waals surface area contributed by atoms with E-state index in [0.717, 1.165) is 0 Å². The van der Waals surface area contributed by atoms with Crippen LogP contribution in [0.25, 0.3) is 0 Å². The molecule has 14 atom stereocenters. The fourth-order valence-electron chi connectivity index (χ4n) is 14.3. The lowest BCUT2D eigenvalue weighted by Gasteiger charge is -2.40. The van der Waals surface area contributed by atoms with E-state index in [2.05, 4.69) is 21.0 Å². The molecule has 0 aromatic heterocycles. The van der Waals surface area contributed by atoms with Crippen LogP contribution in [0.3, 0.4) is 0 Å². The molecule has 0 aromatic rings. The Kier molecular flexibility index (Phi) is 12.5. The number of methoxy groups -OCH3 is 3. The van der Waals surface area contributed by atoms with E-state index >= 15 is 0 Å². The lowest BCUT2D eigenvalue weighted by atomic mass is 9.79. The second-order valence-electron chi connectivity index (χ2n) is 21.0. The standard InChI is InChI=1S/C20H23N3O5.C16H20N4O5.C15H18N4O5/c1-5-6-7-11-10(2)16(24)15-14(17(11)25)12(9-28-19(21)26)20(27-4)18-13(22(18)3)8-23(15)20;1-6-10(17)13(22)9-7(5-25-15(18)23)16(24-3)14-8(19(14)2)4-20(16)11(9)12(6)21;1-5-9(16)12(21)8-6(4-24-14(17)22)15(23-2)13-7(18-13)3-19(15)10(8)11(5)20/h1,12-13,18H,6-9H2,2-4H3,(H2,21,26);7-8,14H,4-5,17H2,1-3H3,(H2,18,23);6-7,13,18H,3-4,16H2,1-2H3,(H2,17,22)/t12-,13+,18+,20-,22?;7-,8+,14+,16-,19?;6-,7+,13+,15-/m111/s1. The molecule has 77 heavy (non-hydrogen) atoms. The van der Waals surface area contributed by atoms with Crippen LogP contribution in [0.5, 0.6) is 0 Å². The minimum Gasteiger partial charge on any atom is -0.449 e. The molecule has 11 N–H and O–H groups in total. The number of fused-ring (bicyclic) bond motifs is 12. The third-order valence-corrected chi connectivity index (χ3v) is 18.1. The van der Waals surface area contributed by atoms with Gasteiger partial charge in [-0.25, -0.2) is 14.4 Å². The summed E-state index contributed by atoms with van der Waals surface area (Å²) in [6.07, 6.45) is 3.23. The zero-order valence-electron chi connectivity index (χ0n) is 43.7. The fourth-order valence-corrected chi connectivity index (χ4v) is 14.3. The number of carbonyl (C=O) groups excluding carboxylic acids is 9. The zero-order valence-corrected chi connectivity index (χ0v) is 43.7. The minimum absolute atomic E-state index is 0.000332. The minimum atomic E-state index is -0.957. The molecule has 9 heterocycles. The van der Waals surface area contributed by atoms with Gasteiger partial charge in [-0.2, -0.15) is 0 Å². The Labute approximate surface area is 441 Å². The SMILES string of the molecule is C#CCCC1=C(C)C(=O)C2=C(C1=O)[C@@H](COC(N)=O)[C@@]1(OC)[C@@H]3[C@H](CN21)N3C.CO[C@@]12[C@H](COC(N)=O)C3=C(C(=O)C(C)=C(N)C3=O)N1C[C@@H]1N[C@@H]12.CO[C@@]12[C@H](COC(N)=O)C3=C(C(=O)C(C)=C(N)C3=O)N1C[C@H]1[C@@H]2N1C. The lowest BCUT2D eigenvalue weighted by molar-refractivity contribution is -0.144. The summed E-state index contributed by atoms with van der Waals surface area (Å²) in [6.45, 7) is 5.99. The number of hydrogen-bond acceptors (Lipinski definition) is 23. The monoisotopic (exact) mass is 1070 g/mol. The highest BCUT2D eigenvalue weighted by Gasteiger charge is 2.77. The Bertz CT molecular complexity index is 3080. The third-order valence-electron chi connectivity index (χ3n) is 18.1. The first-order valence-electron chi connectivity index (χ1n) is 24.9. The summed E-state index contributed by atoms with van der Waals surface area (Å²) in [6, 6.07) is 0.543. The molecule has 0 spiro atoms. The number of ether oxygens (including phenoxy) is 6. The third kappa shape index (κ3) is 6.99. The summed E-state index contributed by atoms with van der Waals surface area (Å²) in [5, 5.41) is 3.28. The van der Waals surface area contributed by atoms with E-state index < -0.39 is 64.8 Å². The number of piperazine rings is 3. The Morgan fingerprint density at radius 3 is 1.32 bits per heavy atom. The highest BCUT2D eigenvalue weighted by Crippen LogP contribution is 2.61. The van der Waals surface area contributed by atoms with Gasteiger partial charge in [-0.3, -0.25) is 38.6 Å². The smallest absolute Gasteiger partial charge is 0.404 e. The number of likely N-dealkylation sites (N-methyl/N-ethyl adjacent to an activating group) is 2. The molecule has 0 radical (unpaired) electrons. The van der Waals surface area contributed by atoms with Gasteiger partial charge in [0.05, 0.1) is 64.4 Å². The Hall–Kier alpha value is -7.41. The number of terminal acetylenes is 1. The zero-order chi connectivity index (χ0) is 56.0. The molecule has 410 valence electrons. The van der Waals surface area contributed by atoms with Crippen molar-refractivity contribution in [1.29, 1.82) is 0 Å². The van der Waals surface area contributed by atoms with Crippen LogP contribution in [-0.4, -0.2) is 206 Å². The van der Waals surface area contributed by atoms with Crippen LogP contribution in [0.4, 0.5) is 14.4 Å². The number of Topliss-reactive ketones (excluding diaryl/α,β-unsaturated/α-hetero) is 6. The van der Waals surface area contributed by atoms with Gasteiger partial charge in [0, 0.05) is 105 Å². The Morgan fingerprint density at radius 2 is 0.948 bits per heavy atom. The van der Waals surface area contributed by atoms with Crippen LogP contribution in [0.1, 0.15) is 33.6 Å². The van der Waals surface area contributed by atoms with Gasteiger partial charge in [0.15, 0.2) is 23.0 Å². The number of rotatable bonds is 11. The van der Waals surface area contributed by atoms with Gasteiger partial charge < -0.3 is 77.1 Å². The highest BCUT2D eigenvalue weighted by molar-refractivity contribution is 6.27. The average molecular weight is 1070 g/mol. The van der Waals surface area contributed by atoms with Crippen molar-refractivity contribution < 1.29 is 71.6 Å². The van der Waals surface area contributed by atoms with Crippen molar-refractivity contribution in [3.63, 3.8) is 0 Å². The van der Waals surface area contributed by atoms with Crippen LogP contribution in [0.15, 0.2) is 67.5 Å². The first kappa shape index (κ1) is 53.0. The molecule has 0 saturated carbocycles. The Balaban J connectivity index is 0.000000131. The van der Waals surface area contributed by atoms with Crippen LogP contribution >= 0.6 is 0 Å². The molecule has 3 aliphatic carbocycles. The summed E-state index contributed by atoms with van der Waals surface area (Å²) < 4.78 is 32.8. The van der Waals surface area contributed by atoms with E-state index in [0.29, 0.717) is 66.3 Å². The van der Waals surface area contributed by atoms with Crippen molar-refractivity contribution in [2.24, 2.45) is 46.4 Å². The molecular weight excluding hydrogens is 1010 g/mol. The van der Waals surface area contributed by atoms with E-state index in [4.69, 9.17) is 63.5 Å². The second-order valence-corrected chi connectivity index (χ2v) is 21.0. The van der Waals surface area contributed by atoms with Gasteiger partial charge >= 0.3 is 18.3 Å². The highest BCUT2D eigenvalue weighted by atomic mass is 16.6. The lowest BCUT2D eigenvalue weighted by Crippen LogP contribution is -2.55. The predicted octanol–water partition coefficient (Wildman–Crippen LogP) is -2.77. The first-order valence-corrected chi connectivity index (χ1v) is 24.9. The maximum absolute atomic E-state index is 13.4. The number of nitrogens with one attached hydrogen (secondary N) is 1. The maximum atomic E-state index is 13.4. The molecule has 26 heteroatoms. The molecule has 12 rings (SSSR count). The summed E-state index contributed by atoms with van der Waals surface area (Å²) >= 11 is 0. The van der Waals surface area contributed by atoms with Gasteiger partial charge in [-0.15, -0.1) is 12.3 Å². The quantitative estimate of drug-likeness (QED) is 0.0528. The number of ketones is 6. The summed E-state index contributed by atoms with van der Waals surface area (Å²) in [7, 11) is 8.55. The molecule has 26 nitrogen and oxygen atoms in total. The van der Waals surface area contributed by atoms with E-state index in [1.54, 1.807) is 21.0 Å². The summed E-state index contributed by atoms with van der Waals surface area (Å²) in [5.74, 6) is -1.15.